The number of hydrogen-bond acceptors (Lipinski definition) is 5. The van der Waals surface area contributed by atoms with Gasteiger partial charge in [-0.05, 0) is 25.7 Å². The lowest BCUT2D eigenvalue weighted by Crippen LogP contribution is -2.54. The minimum absolute atomic E-state index is 0.0161. The molecule has 8 heteroatoms. The normalized spacial score (nSPS) is 23.2. The number of hydrogen-bond donors (Lipinski definition) is 2. The zero-order chi connectivity index (χ0) is 17.1. The third-order valence-electron chi connectivity index (χ3n) is 4.78. The van der Waals surface area contributed by atoms with Crippen LogP contribution in [-0.4, -0.2) is 57.6 Å². The van der Waals surface area contributed by atoms with Crippen LogP contribution in [0.2, 0.25) is 0 Å². The molecule has 0 spiro atoms. The fourth-order valence-electron chi connectivity index (χ4n) is 3.60. The van der Waals surface area contributed by atoms with E-state index in [0.29, 0.717) is 25.5 Å². The Morgan fingerprint density at radius 3 is 2.75 bits per heavy atom. The summed E-state index contributed by atoms with van der Waals surface area (Å²) in [5.74, 6) is 1.35. The van der Waals surface area contributed by atoms with Crippen LogP contribution in [-0.2, 0) is 14.3 Å². The van der Waals surface area contributed by atoms with Gasteiger partial charge in [0.1, 0.15) is 18.0 Å². The largest absolute Gasteiger partial charge is 0.366 e. The van der Waals surface area contributed by atoms with Gasteiger partial charge in [0, 0.05) is 13.5 Å². The Morgan fingerprint density at radius 1 is 1.38 bits per heavy atom. The van der Waals surface area contributed by atoms with Crippen molar-refractivity contribution in [1.29, 1.82) is 0 Å². The van der Waals surface area contributed by atoms with Crippen LogP contribution in [0.5, 0.6) is 0 Å². The molecule has 1 aromatic heterocycles. The van der Waals surface area contributed by atoms with Gasteiger partial charge < -0.3 is 15.0 Å². The summed E-state index contributed by atoms with van der Waals surface area (Å²) in [6, 6.07) is -0.433. The Morgan fingerprint density at radius 2 is 2.12 bits per heavy atom. The van der Waals surface area contributed by atoms with Crippen molar-refractivity contribution in [1.82, 2.24) is 25.4 Å². The van der Waals surface area contributed by atoms with Gasteiger partial charge in [0.15, 0.2) is 5.82 Å². The molecule has 1 saturated heterocycles. The van der Waals surface area contributed by atoms with Crippen molar-refractivity contribution < 1.29 is 14.3 Å². The van der Waals surface area contributed by atoms with Crippen molar-refractivity contribution in [2.45, 2.75) is 51.7 Å². The molecule has 2 aliphatic rings. The minimum Gasteiger partial charge on any atom is -0.366 e. The van der Waals surface area contributed by atoms with E-state index >= 15 is 0 Å². The second-order valence-corrected chi connectivity index (χ2v) is 6.65. The summed E-state index contributed by atoms with van der Waals surface area (Å²) in [4.78, 5) is 30.6. The maximum atomic E-state index is 13.0. The first-order chi connectivity index (χ1) is 11.5. The SMILES string of the molecule is CC(=O)N[C@H](C(=O)N1CCO[C@H](c2n[nH]c(C)n2)C1)C1CCCC1. The lowest BCUT2D eigenvalue weighted by atomic mass is 9.96. The number of carbonyl (C=O) groups excluding carboxylic acids is 2. The van der Waals surface area contributed by atoms with Crippen molar-refractivity contribution >= 4 is 11.8 Å². The zero-order valence-corrected chi connectivity index (χ0v) is 14.2. The average molecular weight is 335 g/mol. The average Bonchev–Trinajstić information content (AvgIpc) is 3.23. The van der Waals surface area contributed by atoms with Gasteiger partial charge in [-0.1, -0.05) is 12.8 Å². The van der Waals surface area contributed by atoms with Gasteiger partial charge in [-0.2, -0.15) is 5.10 Å². The van der Waals surface area contributed by atoms with Gasteiger partial charge in [0.2, 0.25) is 11.8 Å². The van der Waals surface area contributed by atoms with Crippen LogP contribution in [0.4, 0.5) is 0 Å². The molecule has 3 rings (SSSR count). The molecule has 2 fully saturated rings. The van der Waals surface area contributed by atoms with E-state index in [0.717, 1.165) is 31.5 Å². The molecule has 0 bridgehead atoms. The van der Waals surface area contributed by atoms with Crippen LogP contribution in [0.3, 0.4) is 0 Å². The number of aromatic nitrogens is 3. The summed E-state index contributed by atoms with van der Waals surface area (Å²) in [6.07, 6.45) is 3.90. The van der Waals surface area contributed by atoms with Gasteiger partial charge in [0.25, 0.3) is 0 Å². The van der Waals surface area contributed by atoms with Crippen molar-refractivity contribution in [3.8, 4) is 0 Å². The Labute approximate surface area is 141 Å². The molecule has 0 aromatic carbocycles. The predicted molar refractivity (Wildman–Crippen MR) is 86.0 cm³/mol. The number of H-pyrrole nitrogens is 1. The molecule has 1 aromatic rings. The standard InChI is InChI=1S/C16H25N5O3/c1-10-17-15(20-19-10)13-9-21(7-8-24-13)16(23)14(18-11(2)22)12-5-3-4-6-12/h12-14H,3-9H2,1-2H3,(H,18,22)(H,17,19,20)/t13-,14-/m0/s1. The number of carbonyl (C=O) groups is 2. The second-order valence-electron chi connectivity index (χ2n) is 6.65. The van der Waals surface area contributed by atoms with E-state index in [1.54, 1.807) is 4.90 Å². The Hall–Kier alpha value is -1.96. The lowest BCUT2D eigenvalue weighted by molar-refractivity contribution is -0.144. The third-order valence-corrected chi connectivity index (χ3v) is 4.78. The van der Waals surface area contributed by atoms with E-state index in [2.05, 4.69) is 20.5 Å². The highest BCUT2D eigenvalue weighted by molar-refractivity contribution is 5.87. The number of rotatable bonds is 4. The first kappa shape index (κ1) is 16.9. The summed E-state index contributed by atoms with van der Waals surface area (Å²) in [5.41, 5.74) is 0. The summed E-state index contributed by atoms with van der Waals surface area (Å²) in [7, 11) is 0. The highest BCUT2D eigenvalue weighted by Gasteiger charge is 2.36. The Balaban J connectivity index is 1.70. The Kier molecular flexibility index (Phi) is 5.13. The number of nitrogens with one attached hydrogen (secondary N) is 2. The lowest BCUT2D eigenvalue weighted by Gasteiger charge is -2.35. The fourth-order valence-corrected chi connectivity index (χ4v) is 3.60. The molecule has 0 radical (unpaired) electrons. The molecule has 1 saturated carbocycles. The maximum Gasteiger partial charge on any atom is 0.245 e. The molecule has 0 unspecified atom stereocenters. The summed E-state index contributed by atoms with van der Waals surface area (Å²) < 4.78 is 5.72. The number of aromatic amines is 1. The monoisotopic (exact) mass is 335 g/mol. The number of aryl methyl sites for hydroxylation is 1. The third kappa shape index (κ3) is 3.75. The van der Waals surface area contributed by atoms with E-state index in [1.807, 2.05) is 6.92 Å². The molecule has 132 valence electrons. The molecule has 1 aliphatic heterocycles. The van der Waals surface area contributed by atoms with Gasteiger partial charge >= 0.3 is 0 Å². The van der Waals surface area contributed by atoms with E-state index in [9.17, 15) is 9.59 Å². The number of nitrogens with zero attached hydrogens (tertiary/aromatic N) is 3. The van der Waals surface area contributed by atoms with Crippen LogP contribution in [0, 0.1) is 12.8 Å². The number of morpholine rings is 1. The van der Waals surface area contributed by atoms with Gasteiger partial charge in [-0.15, -0.1) is 0 Å². The number of ether oxygens (including phenoxy) is 1. The second kappa shape index (κ2) is 7.29. The Bertz CT molecular complexity index is 596. The summed E-state index contributed by atoms with van der Waals surface area (Å²) >= 11 is 0. The molecule has 2 heterocycles. The highest BCUT2D eigenvalue weighted by Crippen LogP contribution is 2.29. The van der Waals surface area contributed by atoms with Crippen LogP contribution < -0.4 is 5.32 Å². The van der Waals surface area contributed by atoms with E-state index in [1.165, 1.54) is 6.92 Å². The van der Waals surface area contributed by atoms with Gasteiger partial charge in [-0.25, -0.2) is 4.98 Å². The molecule has 2 amide bonds. The van der Waals surface area contributed by atoms with Gasteiger partial charge in [0.05, 0.1) is 13.2 Å². The zero-order valence-electron chi connectivity index (χ0n) is 14.2. The van der Waals surface area contributed by atoms with Crippen LogP contribution in [0.25, 0.3) is 0 Å². The first-order valence-corrected chi connectivity index (χ1v) is 8.61. The van der Waals surface area contributed by atoms with Crippen molar-refractivity contribution in [2.24, 2.45) is 5.92 Å². The molecular weight excluding hydrogens is 310 g/mol. The predicted octanol–water partition coefficient (Wildman–Crippen LogP) is 0.708. The van der Waals surface area contributed by atoms with Crippen molar-refractivity contribution in [2.75, 3.05) is 19.7 Å². The molecule has 24 heavy (non-hydrogen) atoms. The quantitative estimate of drug-likeness (QED) is 0.844. The number of amides is 2. The van der Waals surface area contributed by atoms with E-state index in [4.69, 9.17) is 4.74 Å². The van der Waals surface area contributed by atoms with Crippen LogP contribution >= 0.6 is 0 Å². The van der Waals surface area contributed by atoms with Gasteiger partial charge in [-0.3, -0.25) is 14.7 Å². The molecule has 8 nitrogen and oxygen atoms in total. The maximum absolute atomic E-state index is 13.0. The molecule has 2 N–H and O–H groups in total. The molecular formula is C16H25N5O3. The van der Waals surface area contributed by atoms with E-state index in [-0.39, 0.29) is 23.8 Å². The minimum atomic E-state index is -0.433. The molecule has 2 atom stereocenters. The highest BCUT2D eigenvalue weighted by atomic mass is 16.5. The van der Waals surface area contributed by atoms with E-state index < -0.39 is 6.04 Å². The summed E-state index contributed by atoms with van der Waals surface area (Å²) in [5, 5.41) is 9.81. The first-order valence-electron chi connectivity index (χ1n) is 8.61. The van der Waals surface area contributed by atoms with Crippen molar-refractivity contribution in [3.05, 3.63) is 11.6 Å². The topological polar surface area (TPSA) is 100 Å². The molecule has 1 aliphatic carbocycles. The van der Waals surface area contributed by atoms with Crippen LogP contribution in [0.1, 0.15) is 50.4 Å². The van der Waals surface area contributed by atoms with Crippen LogP contribution in [0.15, 0.2) is 0 Å². The summed E-state index contributed by atoms with van der Waals surface area (Å²) in [6.45, 7) is 4.69. The smallest absolute Gasteiger partial charge is 0.245 e. The van der Waals surface area contributed by atoms with Crippen molar-refractivity contribution in [3.63, 3.8) is 0 Å². The fraction of sp³-hybridized carbons (Fsp3) is 0.750.